The van der Waals surface area contributed by atoms with Gasteiger partial charge in [0.15, 0.2) is 17.7 Å². The van der Waals surface area contributed by atoms with Gasteiger partial charge in [-0.3, -0.25) is 9.59 Å². The normalized spacial score (nSPS) is 52.4. The molecule has 0 aromatic rings. The van der Waals surface area contributed by atoms with Gasteiger partial charge in [-0.25, -0.2) is 4.39 Å². The molecule has 136 valence electrons. The summed E-state index contributed by atoms with van der Waals surface area (Å²) >= 11 is 0. The second-order valence-electron chi connectivity index (χ2n) is 9.54. The van der Waals surface area contributed by atoms with Crippen LogP contribution in [0, 0.1) is 40.4 Å². The third kappa shape index (κ3) is 1.96. The molecule has 4 aliphatic carbocycles. The molecule has 2 unspecified atom stereocenters. The minimum absolute atomic E-state index is 0.0824. The molecule has 0 radical (unpaired) electrons. The van der Waals surface area contributed by atoms with Gasteiger partial charge < -0.3 is 0 Å². The van der Waals surface area contributed by atoms with Gasteiger partial charge in [-0.2, -0.15) is 0 Å². The van der Waals surface area contributed by atoms with Crippen LogP contribution in [0.2, 0.25) is 0 Å². The minimum Gasteiger partial charge on any atom is -0.296 e. The van der Waals surface area contributed by atoms with Crippen molar-refractivity contribution in [2.24, 2.45) is 40.4 Å². The Hall–Kier alpha value is -1.25. The summed E-state index contributed by atoms with van der Waals surface area (Å²) in [5.74, 6) is 1.28. The van der Waals surface area contributed by atoms with Crippen LogP contribution in [0.25, 0.3) is 0 Å². The highest BCUT2D eigenvalue weighted by molar-refractivity contribution is 5.93. The van der Waals surface area contributed by atoms with E-state index in [0.29, 0.717) is 18.8 Å². The lowest BCUT2D eigenvalue weighted by Crippen LogP contribution is -2.56. The molecule has 4 aliphatic rings. The van der Waals surface area contributed by atoms with Crippen molar-refractivity contribution < 1.29 is 14.0 Å². The largest absolute Gasteiger partial charge is 0.296 e. The zero-order valence-corrected chi connectivity index (χ0v) is 15.8. The van der Waals surface area contributed by atoms with Crippen LogP contribution in [0.4, 0.5) is 4.39 Å². The highest BCUT2D eigenvalue weighted by atomic mass is 19.1. The Balaban J connectivity index is 1.84. The Kier molecular flexibility index (Phi) is 3.53. The van der Waals surface area contributed by atoms with Crippen molar-refractivity contribution in [2.45, 2.75) is 59.5 Å². The number of allylic oxidation sites excluding steroid dienone is 2. The van der Waals surface area contributed by atoms with Crippen molar-refractivity contribution in [3.63, 3.8) is 0 Å². The molecule has 3 saturated carbocycles. The van der Waals surface area contributed by atoms with Gasteiger partial charge >= 0.3 is 0 Å². The first-order chi connectivity index (χ1) is 11.6. The highest BCUT2D eigenvalue weighted by Gasteiger charge is 2.64. The fourth-order valence-corrected chi connectivity index (χ4v) is 6.98. The lowest BCUT2D eigenvalue weighted by Gasteiger charge is -2.61. The van der Waals surface area contributed by atoms with E-state index in [1.165, 1.54) is 0 Å². The van der Waals surface area contributed by atoms with Gasteiger partial charge in [0.25, 0.3) is 0 Å². The monoisotopic (exact) mass is 344 g/mol. The van der Waals surface area contributed by atoms with Crippen LogP contribution in [0.1, 0.15) is 53.4 Å². The van der Waals surface area contributed by atoms with E-state index in [2.05, 4.69) is 27.4 Å². The molecule has 0 aromatic heterocycles. The molecule has 0 aliphatic heterocycles. The van der Waals surface area contributed by atoms with E-state index in [0.717, 1.165) is 24.0 Å². The average molecular weight is 344 g/mol. The summed E-state index contributed by atoms with van der Waals surface area (Å²) in [6.07, 6.45) is 3.21. The maximum Gasteiger partial charge on any atom is 0.173 e. The molecule has 3 fully saturated rings. The zero-order chi connectivity index (χ0) is 18.3. The number of halogens is 1. The van der Waals surface area contributed by atoms with Crippen molar-refractivity contribution in [1.29, 1.82) is 0 Å². The zero-order valence-electron chi connectivity index (χ0n) is 15.8. The van der Waals surface area contributed by atoms with Crippen LogP contribution < -0.4 is 0 Å². The molecule has 0 N–H and O–H groups in total. The van der Waals surface area contributed by atoms with E-state index < -0.39 is 11.6 Å². The third-order valence-corrected chi connectivity index (χ3v) is 8.69. The second kappa shape index (κ2) is 5.14. The lowest BCUT2D eigenvalue weighted by molar-refractivity contribution is -0.136. The highest BCUT2D eigenvalue weighted by Crippen LogP contribution is 2.67. The van der Waals surface area contributed by atoms with Crippen LogP contribution in [0.3, 0.4) is 0 Å². The summed E-state index contributed by atoms with van der Waals surface area (Å²) in [6, 6.07) is 0. The molecular formula is C22H29FO2. The van der Waals surface area contributed by atoms with Crippen LogP contribution in [-0.2, 0) is 9.59 Å². The first-order valence-electron chi connectivity index (χ1n) is 9.75. The van der Waals surface area contributed by atoms with Gasteiger partial charge in [-0.05, 0) is 71.5 Å². The number of hydrogen-bond acceptors (Lipinski definition) is 2. The Morgan fingerprint density at radius 3 is 2.56 bits per heavy atom. The van der Waals surface area contributed by atoms with Crippen LogP contribution in [-0.4, -0.2) is 17.7 Å². The van der Waals surface area contributed by atoms with Gasteiger partial charge in [0.1, 0.15) is 0 Å². The summed E-state index contributed by atoms with van der Waals surface area (Å²) in [7, 11) is 0. The fourth-order valence-electron chi connectivity index (χ4n) is 6.98. The minimum atomic E-state index is -1.30. The molecule has 4 rings (SSSR count). The summed E-state index contributed by atoms with van der Waals surface area (Å²) in [6.45, 7) is 13.0. The predicted octanol–water partition coefficient (Wildman–Crippen LogP) is 4.69. The molecule has 0 amide bonds. The maximum absolute atomic E-state index is 14.4. The molecule has 3 heteroatoms. The Labute approximate surface area is 149 Å². The van der Waals surface area contributed by atoms with Crippen molar-refractivity contribution >= 4 is 11.6 Å². The van der Waals surface area contributed by atoms with E-state index in [-0.39, 0.29) is 40.7 Å². The first-order valence-corrected chi connectivity index (χ1v) is 9.75. The molecule has 8 atom stereocenters. The number of Topliss-reactive ketones (excluding diaryl/α,β-unsaturated/α-hetero) is 1. The average Bonchev–Trinajstić information content (AvgIpc) is 2.78. The summed E-state index contributed by atoms with van der Waals surface area (Å²) in [5.41, 5.74) is 1.58. The van der Waals surface area contributed by atoms with Crippen LogP contribution >= 0.6 is 0 Å². The number of alkyl halides is 1. The second-order valence-corrected chi connectivity index (χ2v) is 9.54. The Morgan fingerprint density at radius 1 is 1.20 bits per heavy atom. The van der Waals surface area contributed by atoms with E-state index in [1.807, 2.05) is 13.0 Å². The van der Waals surface area contributed by atoms with Crippen molar-refractivity contribution in [1.82, 2.24) is 0 Å². The third-order valence-electron chi connectivity index (χ3n) is 8.69. The molecule has 0 spiro atoms. The number of ketones is 2. The summed E-state index contributed by atoms with van der Waals surface area (Å²) in [5, 5.41) is 0. The number of hydrogen-bond donors (Lipinski definition) is 0. The molecule has 25 heavy (non-hydrogen) atoms. The Bertz CT molecular complexity index is 707. The van der Waals surface area contributed by atoms with Crippen molar-refractivity contribution in [2.75, 3.05) is 0 Å². The van der Waals surface area contributed by atoms with Gasteiger partial charge in [0.05, 0.1) is 0 Å². The fraction of sp³-hybridized carbons (Fsp3) is 0.727. The molecule has 0 aromatic carbocycles. The smallest absolute Gasteiger partial charge is 0.173 e. The van der Waals surface area contributed by atoms with Crippen molar-refractivity contribution in [3.8, 4) is 0 Å². The lowest BCUT2D eigenvalue weighted by atomic mass is 9.42. The SMILES string of the molecule is C=C1C2=CC(=O)C[C@H](C)[C@]2(C)[C@H]2CC[C@]3(C)C(=O)C(F)C[C@H]3[C@@H]2C1C. The standard InChI is InChI=1S/C22H29FO2/c1-11-8-14(24)9-16-12(2)13(3)19-15(22(11,16)5)6-7-21(4)17(19)10-18(23)20(21)25/h9,11,13,15,17-19H,2,6-8,10H2,1,3-5H3/t11-,13?,15-,17-,18?,19+,21-,22+/m0/s1. The molecule has 0 heterocycles. The summed E-state index contributed by atoms with van der Waals surface area (Å²) in [4.78, 5) is 24.7. The number of rotatable bonds is 0. The molecule has 0 saturated heterocycles. The van der Waals surface area contributed by atoms with E-state index in [4.69, 9.17) is 0 Å². The van der Waals surface area contributed by atoms with E-state index in [9.17, 15) is 14.0 Å². The van der Waals surface area contributed by atoms with E-state index >= 15 is 0 Å². The number of carbonyl (C=O) groups is 2. The quantitative estimate of drug-likeness (QED) is 0.639. The van der Waals surface area contributed by atoms with E-state index in [1.54, 1.807) is 0 Å². The Morgan fingerprint density at radius 2 is 1.88 bits per heavy atom. The van der Waals surface area contributed by atoms with Gasteiger partial charge in [0, 0.05) is 11.8 Å². The molecule has 0 bridgehead atoms. The maximum atomic E-state index is 14.4. The van der Waals surface area contributed by atoms with Gasteiger partial charge in [-0.1, -0.05) is 34.3 Å². The first kappa shape index (κ1) is 17.2. The number of fused-ring (bicyclic) bond motifs is 5. The van der Waals surface area contributed by atoms with Crippen LogP contribution in [0.5, 0.6) is 0 Å². The van der Waals surface area contributed by atoms with Gasteiger partial charge in [-0.15, -0.1) is 0 Å². The number of carbonyl (C=O) groups excluding carboxylic acids is 2. The van der Waals surface area contributed by atoms with Gasteiger partial charge in [0.2, 0.25) is 0 Å². The summed E-state index contributed by atoms with van der Waals surface area (Å²) < 4.78 is 14.4. The topological polar surface area (TPSA) is 34.1 Å². The molecule has 2 nitrogen and oxygen atoms in total. The molecular weight excluding hydrogens is 315 g/mol. The van der Waals surface area contributed by atoms with Crippen LogP contribution in [0.15, 0.2) is 23.8 Å². The van der Waals surface area contributed by atoms with Crippen molar-refractivity contribution in [3.05, 3.63) is 23.8 Å². The predicted molar refractivity (Wildman–Crippen MR) is 95.6 cm³/mol.